The quantitative estimate of drug-likeness (QED) is 0.404. The number of hydrogen-bond acceptors (Lipinski definition) is 8. The summed E-state index contributed by atoms with van der Waals surface area (Å²) < 4.78 is 21.8. The molecule has 0 amide bonds. The number of hydrogen-bond donors (Lipinski definition) is 1. The van der Waals surface area contributed by atoms with E-state index in [1.165, 1.54) is 0 Å². The van der Waals surface area contributed by atoms with E-state index in [0.717, 1.165) is 5.56 Å². The topological polar surface area (TPSA) is 100 Å². The predicted octanol–water partition coefficient (Wildman–Crippen LogP) is 4.42. The van der Waals surface area contributed by atoms with Gasteiger partial charge in [-0.25, -0.2) is 4.79 Å². The summed E-state index contributed by atoms with van der Waals surface area (Å²) in [4.78, 5) is 40.9. The minimum absolute atomic E-state index is 0.137. The fourth-order valence-electron chi connectivity index (χ4n) is 5.44. The van der Waals surface area contributed by atoms with Crippen LogP contribution < -0.4 is 14.8 Å². The summed E-state index contributed by atoms with van der Waals surface area (Å²) in [5, 5.41) is 3.31. The molecule has 2 aromatic rings. The fourth-order valence-corrected chi connectivity index (χ4v) is 5.44. The number of ether oxygens (including phenoxy) is 4. The Balaban J connectivity index is 1.93. The van der Waals surface area contributed by atoms with Crippen molar-refractivity contribution in [3.63, 3.8) is 0 Å². The van der Waals surface area contributed by atoms with E-state index in [9.17, 15) is 14.4 Å². The Morgan fingerprint density at radius 1 is 0.974 bits per heavy atom. The number of dihydropyridines is 1. The molecule has 8 nitrogen and oxygen atoms in total. The number of esters is 2. The lowest BCUT2D eigenvalue weighted by atomic mass is 9.67. The molecule has 3 atom stereocenters. The van der Waals surface area contributed by atoms with Crippen LogP contribution in [0.2, 0.25) is 0 Å². The van der Waals surface area contributed by atoms with Crippen LogP contribution in [0.3, 0.4) is 0 Å². The predicted molar refractivity (Wildman–Crippen MR) is 141 cm³/mol. The van der Waals surface area contributed by atoms with Crippen LogP contribution in [0.25, 0.3) is 0 Å². The van der Waals surface area contributed by atoms with Gasteiger partial charge >= 0.3 is 11.9 Å². The van der Waals surface area contributed by atoms with Gasteiger partial charge in [0.25, 0.3) is 0 Å². The van der Waals surface area contributed by atoms with Crippen LogP contribution in [0.4, 0.5) is 0 Å². The Labute approximate surface area is 222 Å². The molecule has 1 aliphatic heterocycles. The maximum absolute atomic E-state index is 14.4. The van der Waals surface area contributed by atoms with Crippen molar-refractivity contribution >= 4 is 17.7 Å². The van der Waals surface area contributed by atoms with Crippen molar-refractivity contribution in [3.8, 4) is 11.5 Å². The number of benzene rings is 2. The number of para-hydroxylation sites is 1. The highest BCUT2D eigenvalue weighted by molar-refractivity contribution is 6.13. The molecular formula is C30H33NO7. The molecule has 0 radical (unpaired) electrons. The van der Waals surface area contributed by atoms with Gasteiger partial charge in [0.1, 0.15) is 17.4 Å². The highest BCUT2D eigenvalue weighted by atomic mass is 16.5. The minimum Gasteiger partial charge on any atom is -0.497 e. The molecule has 4 rings (SSSR count). The number of Topliss-reactive ketones (excluding diaryl/α,β-unsaturated/α-hetero) is 1. The van der Waals surface area contributed by atoms with Gasteiger partial charge < -0.3 is 24.3 Å². The first kappa shape index (κ1) is 27.0. The molecule has 0 fully saturated rings. The van der Waals surface area contributed by atoms with E-state index in [-0.39, 0.29) is 13.2 Å². The normalized spacial score (nSPS) is 20.9. The fraction of sp³-hybridized carbons (Fsp3) is 0.367. The highest BCUT2D eigenvalue weighted by Gasteiger charge is 2.49. The monoisotopic (exact) mass is 519 g/mol. The molecular weight excluding hydrogens is 486 g/mol. The molecule has 200 valence electrons. The Morgan fingerprint density at radius 2 is 1.71 bits per heavy atom. The van der Waals surface area contributed by atoms with Crippen LogP contribution in [0.15, 0.2) is 71.1 Å². The third-order valence-electron chi connectivity index (χ3n) is 7.02. The van der Waals surface area contributed by atoms with Gasteiger partial charge in [-0.15, -0.1) is 0 Å². The lowest BCUT2D eigenvalue weighted by Gasteiger charge is -2.39. The van der Waals surface area contributed by atoms with Gasteiger partial charge in [-0.1, -0.05) is 30.3 Å². The molecule has 0 spiro atoms. The molecule has 0 saturated heterocycles. The Bertz CT molecular complexity index is 1310. The van der Waals surface area contributed by atoms with Gasteiger partial charge in [-0.3, -0.25) is 9.59 Å². The third kappa shape index (κ3) is 4.90. The van der Waals surface area contributed by atoms with E-state index in [0.29, 0.717) is 46.0 Å². The second-order valence-electron chi connectivity index (χ2n) is 9.13. The van der Waals surface area contributed by atoms with Crippen LogP contribution in [0, 0.1) is 5.92 Å². The van der Waals surface area contributed by atoms with Crippen LogP contribution in [0.1, 0.15) is 50.2 Å². The number of carbonyl (C=O) groups excluding carboxylic acids is 3. The summed E-state index contributed by atoms with van der Waals surface area (Å²) in [5.41, 5.74) is 3.36. The molecule has 1 aliphatic carbocycles. The van der Waals surface area contributed by atoms with Crippen LogP contribution >= 0.6 is 0 Å². The molecule has 2 aromatic carbocycles. The molecule has 8 heteroatoms. The lowest BCUT2D eigenvalue weighted by molar-refractivity contribution is -0.152. The smallest absolute Gasteiger partial charge is 0.336 e. The van der Waals surface area contributed by atoms with E-state index < -0.39 is 35.5 Å². The number of methoxy groups -OCH3 is 2. The lowest BCUT2D eigenvalue weighted by Crippen LogP contribution is -2.43. The summed E-state index contributed by atoms with van der Waals surface area (Å²) >= 11 is 0. The van der Waals surface area contributed by atoms with Gasteiger partial charge in [0.05, 0.1) is 33.0 Å². The number of nitrogens with one attached hydrogen (secondary N) is 1. The van der Waals surface area contributed by atoms with Crippen molar-refractivity contribution in [1.29, 1.82) is 0 Å². The van der Waals surface area contributed by atoms with Crippen molar-refractivity contribution in [2.45, 2.75) is 39.0 Å². The molecule has 0 saturated carbocycles. The van der Waals surface area contributed by atoms with Crippen LogP contribution in [-0.2, 0) is 23.9 Å². The molecule has 0 aromatic heterocycles. The SMILES string of the molecule is CCOC(=O)C1=C(C)NC2=C(C(=O)C(C(=O)OCC)C(c3ccccc3OC)C2)C1c1cccc(OC)c1. The summed E-state index contributed by atoms with van der Waals surface area (Å²) in [6, 6.07) is 14.6. The van der Waals surface area contributed by atoms with Crippen molar-refractivity contribution in [3.05, 3.63) is 82.2 Å². The van der Waals surface area contributed by atoms with E-state index in [1.54, 1.807) is 47.1 Å². The molecule has 1 heterocycles. The van der Waals surface area contributed by atoms with Crippen LogP contribution in [0.5, 0.6) is 11.5 Å². The zero-order valence-electron chi connectivity index (χ0n) is 22.3. The summed E-state index contributed by atoms with van der Waals surface area (Å²) in [6.07, 6.45) is 0.346. The first-order valence-electron chi connectivity index (χ1n) is 12.7. The average molecular weight is 520 g/mol. The summed E-state index contributed by atoms with van der Waals surface area (Å²) in [5.74, 6) is -2.73. The second-order valence-corrected chi connectivity index (χ2v) is 9.13. The third-order valence-corrected chi connectivity index (χ3v) is 7.02. The molecule has 2 aliphatic rings. The zero-order valence-corrected chi connectivity index (χ0v) is 22.3. The van der Waals surface area contributed by atoms with Crippen LogP contribution in [-0.4, -0.2) is 45.2 Å². The maximum Gasteiger partial charge on any atom is 0.336 e. The van der Waals surface area contributed by atoms with E-state index >= 15 is 0 Å². The first-order valence-corrected chi connectivity index (χ1v) is 12.7. The van der Waals surface area contributed by atoms with E-state index in [1.807, 2.05) is 36.4 Å². The largest absolute Gasteiger partial charge is 0.497 e. The second kappa shape index (κ2) is 11.5. The molecule has 3 unspecified atom stereocenters. The van der Waals surface area contributed by atoms with E-state index in [4.69, 9.17) is 18.9 Å². The first-order chi connectivity index (χ1) is 18.4. The van der Waals surface area contributed by atoms with Crippen molar-refractivity contribution in [2.24, 2.45) is 5.92 Å². The van der Waals surface area contributed by atoms with Crippen molar-refractivity contribution in [2.75, 3.05) is 27.4 Å². The van der Waals surface area contributed by atoms with Gasteiger partial charge in [-0.2, -0.15) is 0 Å². The van der Waals surface area contributed by atoms with Gasteiger partial charge in [0.2, 0.25) is 0 Å². The molecule has 1 N–H and O–H groups in total. The number of carbonyl (C=O) groups is 3. The highest BCUT2D eigenvalue weighted by Crippen LogP contribution is 2.49. The number of ketones is 1. The van der Waals surface area contributed by atoms with Crippen molar-refractivity contribution in [1.82, 2.24) is 5.32 Å². The van der Waals surface area contributed by atoms with Gasteiger partial charge in [0, 0.05) is 28.8 Å². The minimum atomic E-state index is -1.11. The van der Waals surface area contributed by atoms with Gasteiger partial charge in [-0.05, 0) is 56.5 Å². The molecule has 0 bridgehead atoms. The number of rotatable bonds is 8. The summed E-state index contributed by atoms with van der Waals surface area (Å²) in [7, 11) is 3.11. The van der Waals surface area contributed by atoms with Crippen molar-refractivity contribution < 1.29 is 33.3 Å². The van der Waals surface area contributed by atoms with Gasteiger partial charge in [0.15, 0.2) is 5.78 Å². The van der Waals surface area contributed by atoms with E-state index in [2.05, 4.69) is 5.32 Å². The Morgan fingerprint density at radius 3 is 2.39 bits per heavy atom. The Hall–Kier alpha value is -4.07. The number of allylic oxidation sites excluding steroid dienone is 3. The average Bonchev–Trinajstić information content (AvgIpc) is 2.92. The summed E-state index contributed by atoms with van der Waals surface area (Å²) in [6.45, 7) is 5.55. The Kier molecular flexibility index (Phi) is 8.20. The molecule has 38 heavy (non-hydrogen) atoms. The zero-order chi connectivity index (χ0) is 27.4. The standard InChI is InChI=1S/C30H33NO7/c1-6-37-29(33)24-17(3)31-22-16-21(20-13-8-9-14-23(20)36-5)26(30(34)38-7-2)28(32)27(22)25(24)18-11-10-12-19(15-18)35-4/h8-15,21,25-26,31H,6-7,16H2,1-5H3. The maximum atomic E-state index is 14.4.